The number of nitrogens with two attached hydrogens (primary N) is 1. The summed E-state index contributed by atoms with van der Waals surface area (Å²) in [4.78, 5) is 5.11. The molecule has 4 heteroatoms. The van der Waals surface area contributed by atoms with E-state index in [1.807, 2.05) is 0 Å². The normalized spacial score (nSPS) is 25.6. The highest BCUT2D eigenvalue weighted by Gasteiger charge is 2.27. The van der Waals surface area contributed by atoms with Crippen LogP contribution in [0.3, 0.4) is 0 Å². The zero-order valence-corrected chi connectivity index (χ0v) is 11.1. The van der Waals surface area contributed by atoms with Crippen LogP contribution in [0.4, 0.5) is 0 Å². The predicted molar refractivity (Wildman–Crippen MR) is 70.1 cm³/mol. The van der Waals surface area contributed by atoms with E-state index in [2.05, 4.69) is 16.8 Å². The fourth-order valence-electron chi connectivity index (χ4n) is 3.12. The third-order valence-electron chi connectivity index (χ3n) is 4.35. The van der Waals surface area contributed by atoms with Gasteiger partial charge in [-0.05, 0) is 45.8 Å². The van der Waals surface area contributed by atoms with Gasteiger partial charge in [0.2, 0.25) is 0 Å². The molecule has 0 aromatic rings. The minimum atomic E-state index is 0.745. The Morgan fingerprint density at radius 2 is 1.71 bits per heavy atom. The molecular weight excluding hydrogens is 214 g/mol. The molecule has 0 aromatic carbocycles. The topological polar surface area (TPSA) is 41.7 Å². The maximum Gasteiger partial charge on any atom is 0.0480 e. The van der Waals surface area contributed by atoms with Gasteiger partial charge in [0, 0.05) is 38.4 Å². The summed E-state index contributed by atoms with van der Waals surface area (Å²) >= 11 is 0. The molecule has 0 spiro atoms. The van der Waals surface area contributed by atoms with Gasteiger partial charge in [-0.1, -0.05) is 0 Å². The molecule has 2 heterocycles. The van der Waals surface area contributed by atoms with E-state index in [0.29, 0.717) is 0 Å². The Morgan fingerprint density at radius 3 is 2.29 bits per heavy atom. The average molecular weight is 241 g/mol. The monoisotopic (exact) mass is 241 g/mol. The van der Waals surface area contributed by atoms with Crippen molar-refractivity contribution in [1.29, 1.82) is 0 Å². The first-order valence-corrected chi connectivity index (χ1v) is 7.03. The lowest BCUT2D eigenvalue weighted by atomic mass is 9.99. The third-order valence-corrected chi connectivity index (χ3v) is 4.35. The van der Waals surface area contributed by atoms with Crippen LogP contribution in [0.5, 0.6) is 0 Å². The second kappa shape index (κ2) is 6.69. The number of likely N-dealkylation sites (tertiary alicyclic amines) is 1. The summed E-state index contributed by atoms with van der Waals surface area (Å²) in [6.07, 6.45) is 5.01. The van der Waals surface area contributed by atoms with E-state index in [9.17, 15) is 0 Å². The highest BCUT2D eigenvalue weighted by atomic mass is 16.5. The molecule has 2 aliphatic rings. The van der Waals surface area contributed by atoms with Crippen molar-refractivity contribution in [2.75, 3.05) is 46.4 Å². The fourth-order valence-corrected chi connectivity index (χ4v) is 3.12. The Labute approximate surface area is 105 Å². The fraction of sp³-hybridized carbons (Fsp3) is 1.00. The van der Waals surface area contributed by atoms with Crippen molar-refractivity contribution < 1.29 is 4.74 Å². The van der Waals surface area contributed by atoms with Crippen molar-refractivity contribution in [2.24, 2.45) is 5.73 Å². The summed E-state index contributed by atoms with van der Waals surface area (Å²) in [7, 11) is 2.30. The third kappa shape index (κ3) is 3.65. The first kappa shape index (κ1) is 13.3. The largest absolute Gasteiger partial charge is 0.381 e. The summed E-state index contributed by atoms with van der Waals surface area (Å²) < 4.78 is 5.44. The van der Waals surface area contributed by atoms with Gasteiger partial charge in [-0.3, -0.25) is 0 Å². The van der Waals surface area contributed by atoms with Gasteiger partial charge >= 0.3 is 0 Å². The molecule has 2 fully saturated rings. The molecule has 2 N–H and O–H groups in total. The van der Waals surface area contributed by atoms with Gasteiger partial charge < -0.3 is 20.3 Å². The molecule has 0 atom stereocenters. The quantitative estimate of drug-likeness (QED) is 0.779. The lowest BCUT2D eigenvalue weighted by Crippen LogP contribution is -2.49. The number of hydrogen-bond donors (Lipinski definition) is 1. The van der Waals surface area contributed by atoms with E-state index in [4.69, 9.17) is 10.5 Å². The van der Waals surface area contributed by atoms with Crippen LogP contribution in [-0.4, -0.2) is 68.3 Å². The zero-order valence-electron chi connectivity index (χ0n) is 11.1. The number of rotatable bonds is 4. The highest BCUT2D eigenvalue weighted by molar-refractivity contribution is 4.83. The van der Waals surface area contributed by atoms with Crippen molar-refractivity contribution in [1.82, 2.24) is 9.80 Å². The molecule has 0 saturated carbocycles. The van der Waals surface area contributed by atoms with Gasteiger partial charge in [0.15, 0.2) is 0 Å². The Balaban J connectivity index is 1.75. The second-order valence-corrected chi connectivity index (χ2v) is 5.37. The van der Waals surface area contributed by atoms with Gasteiger partial charge in [-0.2, -0.15) is 0 Å². The molecule has 4 nitrogen and oxygen atoms in total. The van der Waals surface area contributed by atoms with Crippen LogP contribution in [-0.2, 0) is 4.74 Å². The number of nitrogens with zero attached hydrogens (tertiary/aromatic N) is 2. The number of ether oxygens (including phenoxy) is 1. The molecule has 0 unspecified atom stereocenters. The Morgan fingerprint density at radius 1 is 1.12 bits per heavy atom. The van der Waals surface area contributed by atoms with Crippen LogP contribution in [0.1, 0.15) is 25.7 Å². The maximum absolute atomic E-state index is 5.60. The molecule has 0 amide bonds. The van der Waals surface area contributed by atoms with Crippen LogP contribution >= 0.6 is 0 Å². The van der Waals surface area contributed by atoms with Crippen molar-refractivity contribution in [3.8, 4) is 0 Å². The molecule has 2 saturated heterocycles. The summed E-state index contributed by atoms with van der Waals surface area (Å²) in [5.74, 6) is 0. The number of hydrogen-bond acceptors (Lipinski definition) is 4. The Hall–Kier alpha value is -0.160. The van der Waals surface area contributed by atoms with E-state index in [1.165, 1.54) is 38.8 Å². The first-order chi connectivity index (χ1) is 8.31. The van der Waals surface area contributed by atoms with Crippen LogP contribution in [0.25, 0.3) is 0 Å². The lowest BCUT2D eigenvalue weighted by molar-refractivity contribution is 0.0153. The van der Waals surface area contributed by atoms with Crippen LogP contribution in [0.2, 0.25) is 0 Å². The summed E-state index contributed by atoms with van der Waals surface area (Å²) in [5.41, 5.74) is 5.60. The van der Waals surface area contributed by atoms with Gasteiger partial charge in [0.05, 0.1) is 0 Å². The summed E-state index contributed by atoms with van der Waals surface area (Å²) in [6, 6.07) is 1.52. The Kier molecular flexibility index (Phi) is 5.22. The molecule has 100 valence electrons. The molecular formula is C13H27N3O. The predicted octanol–water partition coefficient (Wildman–Crippen LogP) is 0.520. The SMILES string of the molecule is CN(C1CCOCC1)C1CCN(CCN)CC1. The van der Waals surface area contributed by atoms with Crippen LogP contribution in [0, 0.1) is 0 Å². The lowest BCUT2D eigenvalue weighted by Gasteiger charge is -2.41. The molecule has 2 rings (SSSR count). The summed E-state index contributed by atoms with van der Waals surface area (Å²) in [5, 5.41) is 0. The van der Waals surface area contributed by atoms with Crippen molar-refractivity contribution in [3.05, 3.63) is 0 Å². The minimum absolute atomic E-state index is 0.745. The van der Waals surface area contributed by atoms with Crippen LogP contribution in [0.15, 0.2) is 0 Å². The molecule has 2 aliphatic heterocycles. The second-order valence-electron chi connectivity index (χ2n) is 5.37. The van der Waals surface area contributed by atoms with Crippen molar-refractivity contribution >= 4 is 0 Å². The molecule has 0 bridgehead atoms. The van der Waals surface area contributed by atoms with E-state index >= 15 is 0 Å². The first-order valence-electron chi connectivity index (χ1n) is 7.03. The molecule has 0 radical (unpaired) electrons. The van der Waals surface area contributed by atoms with E-state index in [1.54, 1.807) is 0 Å². The minimum Gasteiger partial charge on any atom is -0.381 e. The van der Waals surface area contributed by atoms with Crippen molar-refractivity contribution in [3.63, 3.8) is 0 Å². The van der Waals surface area contributed by atoms with E-state index < -0.39 is 0 Å². The van der Waals surface area contributed by atoms with Crippen molar-refractivity contribution in [2.45, 2.75) is 37.8 Å². The maximum atomic E-state index is 5.60. The molecule has 0 aromatic heterocycles. The standard InChI is InChI=1S/C13H27N3O/c1-15(13-4-10-17-11-5-13)12-2-7-16(8-3-12)9-6-14/h12-13H,2-11,14H2,1H3. The highest BCUT2D eigenvalue weighted by Crippen LogP contribution is 2.21. The van der Waals surface area contributed by atoms with Gasteiger partial charge in [-0.15, -0.1) is 0 Å². The number of piperidine rings is 1. The zero-order chi connectivity index (χ0) is 12.1. The van der Waals surface area contributed by atoms with Crippen LogP contribution < -0.4 is 5.73 Å². The van der Waals surface area contributed by atoms with Gasteiger partial charge in [0.1, 0.15) is 0 Å². The molecule has 17 heavy (non-hydrogen) atoms. The van der Waals surface area contributed by atoms with E-state index in [0.717, 1.165) is 38.4 Å². The average Bonchev–Trinajstić information content (AvgIpc) is 2.40. The molecule has 0 aliphatic carbocycles. The van der Waals surface area contributed by atoms with Gasteiger partial charge in [-0.25, -0.2) is 0 Å². The van der Waals surface area contributed by atoms with E-state index in [-0.39, 0.29) is 0 Å². The Bertz CT molecular complexity index is 211. The van der Waals surface area contributed by atoms with Gasteiger partial charge in [0.25, 0.3) is 0 Å². The smallest absolute Gasteiger partial charge is 0.0480 e. The summed E-state index contributed by atoms with van der Waals surface area (Å²) in [6.45, 7) is 6.18.